The summed E-state index contributed by atoms with van der Waals surface area (Å²) >= 11 is 0. The van der Waals surface area contributed by atoms with E-state index >= 15 is 0 Å². The van der Waals surface area contributed by atoms with E-state index in [0.717, 1.165) is 41.7 Å². The molecule has 0 fully saturated rings. The Balaban J connectivity index is 1.97. The Hall–Kier alpha value is -3.65. The molecule has 0 bridgehead atoms. The van der Waals surface area contributed by atoms with Gasteiger partial charge in [-0.25, -0.2) is 9.97 Å². The zero-order valence-electron chi connectivity index (χ0n) is 18.6. The summed E-state index contributed by atoms with van der Waals surface area (Å²) < 4.78 is 1.71. The van der Waals surface area contributed by atoms with Crippen molar-refractivity contribution in [2.24, 2.45) is 0 Å². The number of hydrogen-bond donors (Lipinski definition) is 4. The maximum Gasteiger partial charge on any atom is 0.222 e. The minimum Gasteiger partial charge on any atom is -0.508 e. The first kappa shape index (κ1) is 20.3. The Morgan fingerprint density at radius 3 is 2.62 bits per heavy atom. The highest BCUT2D eigenvalue weighted by Gasteiger charge is 2.24. The zero-order chi connectivity index (χ0) is 22.7. The third-order valence-corrected chi connectivity index (χ3v) is 6.37. The summed E-state index contributed by atoms with van der Waals surface area (Å²) in [6.45, 7) is 7.41. The molecule has 1 aromatic carbocycles. The van der Waals surface area contributed by atoms with E-state index in [0.29, 0.717) is 33.5 Å². The van der Waals surface area contributed by atoms with Crippen molar-refractivity contribution in [2.75, 3.05) is 20.1 Å². The normalized spacial score (nSPS) is 14.9. The molecule has 1 aliphatic heterocycles. The molecule has 4 N–H and O–H groups in total. The zero-order valence-corrected chi connectivity index (χ0v) is 18.6. The van der Waals surface area contributed by atoms with Gasteiger partial charge in [0.25, 0.3) is 0 Å². The first-order chi connectivity index (χ1) is 15.3. The molecular formula is C24H26N6O2. The van der Waals surface area contributed by atoms with E-state index in [4.69, 9.17) is 10.4 Å². The summed E-state index contributed by atoms with van der Waals surface area (Å²) in [6, 6.07) is 3.47. The third kappa shape index (κ3) is 2.90. The van der Waals surface area contributed by atoms with Gasteiger partial charge in [0.15, 0.2) is 5.65 Å². The van der Waals surface area contributed by atoms with Crippen LogP contribution in [0.25, 0.3) is 33.2 Å². The maximum atomic E-state index is 10.9. The van der Waals surface area contributed by atoms with Gasteiger partial charge in [-0.2, -0.15) is 0 Å². The van der Waals surface area contributed by atoms with Crippen LogP contribution >= 0.6 is 0 Å². The Morgan fingerprint density at radius 2 is 1.91 bits per heavy atom. The molecule has 0 spiro atoms. The van der Waals surface area contributed by atoms with Crippen LogP contribution in [0.1, 0.15) is 28.9 Å². The molecule has 0 amide bonds. The lowest BCUT2D eigenvalue weighted by atomic mass is 10.00. The Bertz CT molecular complexity index is 1490. The molecule has 4 heterocycles. The molecule has 5 rings (SSSR count). The van der Waals surface area contributed by atoms with Crippen molar-refractivity contribution >= 4 is 27.5 Å². The standard InChI is InChI=1S/C24H26N6O2/c1-12-5-6-17(31)13(2)21(12)30-22(25)19-18-20(27-14(3)28-23(18)30)16(11-26-24(19)32)15-7-9-29(4)10-8-15/h5-7,11,25,31-32H,8-10H2,1-4H3,(H,27,28). The number of aryl methyl sites for hydroxylation is 2. The fraction of sp³-hybridized carbons (Fsp3) is 0.292. The molecule has 0 atom stereocenters. The summed E-state index contributed by atoms with van der Waals surface area (Å²) in [5.41, 5.74) is 5.72. The number of H-pyrrole nitrogens is 1. The second-order valence-electron chi connectivity index (χ2n) is 8.57. The average molecular weight is 431 g/mol. The quantitative estimate of drug-likeness (QED) is 0.389. The van der Waals surface area contributed by atoms with Crippen molar-refractivity contribution < 1.29 is 10.2 Å². The number of hydrogen-bond acceptors (Lipinski definition) is 6. The second-order valence-corrected chi connectivity index (χ2v) is 8.57. The van der Waals surface area contributed by atoms with Crippen molar-refractivity contribution in [3.05, 3.63) is 52.4 Å². The van der Waals surface area contributed by atoms with Gasteiger partial charge >= 0.3 is 0 Å². The van der Waals surface area contributed by atoms with Crippen molar-refractivity contribution in [3.63, 3.8) is 0 Å². The summed E-state index contributed by atoms with van der Waals surface area (Å²) in [7, 11) is 2.09. The topological polar surface area (TPSA) is 114 Å². The van der Waals surface area contributed by atoms with Crippen molar-refractivity contribution in [1.29, 1.82) is 5.41 Å². The van der Waals surface area contributed by atoms with Crippen LogP contribution in [0.3, 0.4) is 0 Å². The highest BCUT2D eigenvalue weighted by atomic mass is 16.3. The SMILES string of the molecule is Cc1nc2c3c([nH]1)c(C1=CCN(C)CC1)cnc(O)c3c(=N)n2-c1c(C)ccc(O)c1C. The average Bonchev–Trinajstić information content (AvgIpc) is 2.94. The number of nitrogens with zero attached hydrogens (tertiary/aromatic N) is 4. The van der Waals surface area contributed by atoms with Gasteiger partial charge < -0.3 is 20.1 Å². The number of benzene rings is 1. The predicted octanol–water partition coefficient (Wildman–Crippen LogP) is 3.44. The number of aromatic hydroxyl groups is 2. The lowest BCUT2D eigenvalue weighted by molar-refractivity contribution is 0.370. The number of likely N-dealkylation sites (N-methyl/N-ethyl adjacent to an activating group) is 1. The van der Waals surface area contributed by atoms with E-state index in [1.54, 1.807) is 16.8 Å². The minimum atomic E-state index is -0.210. The first-order valence-corrected chi connectivity index (χ1v) is 10.6. The largest absolute Gasteiger partial charge is 0.508 e. The molecule has 8 nitrogen and oxygen atoms in total. The molecule has 4 aromatic rings. The van der Waals surface area contributed by atoms with E-state index < -0.39 is 0 Å². The van der Waals surface area contributed by atoms with Gasteiger partial charge in [0.05, 0.1) is 22.0 Å². The molecule has 0 saturated carbocycles. The number of rotatable bonds is 2. The van der Waals surface area contributed by atoms with Gasteiger partial charge in [0, 0.05) is 30.4 Å². The van der Waals surface area contributed by atoms with Crippen LogP contribution in [-0.2, 0) is 0 Å². The molecule has 8 heteroatoms. The number of aromatic nitrogens is 4. The Labute approximate surface area is 185 Å². The monoisotopic (exact) mass is 430 g/mol. The summed E-state index contributed by atoms with van der Waals surface area (Å²) in [6.07, 6.45) is 4.74. The van der Waals surface area contributed by atoms with Crippen LogP contribution in [0.5, 0.6) is 11.6 Å². The first-order valence-electron chi connectivity index (χ1n) is 10.6. The van der Waals surface area contributed by atoms with E-state index in [9.17, 15) is 10.2 Å². The number of phenolic OH excluding ortho intramolecular Hbond substituents is 1. The molecule has 0 radical (unpaired) electrons. The van der Waals surface area contributed by atoms with Crippen LogP contribution < -0.4 is 5.49 Å². The molecule has 3 aromatic heterocycles. The van der Waals surface area contributed by atoms with Gasteiger partial charge in [-0.3, -0.25) is 9.98 Å². The molecule has 1 aliphatic rings. The van der Waals surface area contributed by atoms with Gasteiger partial charge in [0.2, 0.25) is 5.88 Å². The summed E-state index contributed by atoms with van der Waals surface area (Å²) in [4.78, 5) is 14.7. The molecular weight excluding hydrogens is 404 g/mol. The van der Waals surface area contributed by atoms with Crippen molar-refractivity contribution in [1.82, 2.24) is 24.4 Å². The van der Waals surface area contributed by atoms with Crippen LogP contribution in [0.15, 0.2) is 24.4 Å². The smallest absolute Gasteiger partial charge is 0.222 e. The lowest BCUT2D eigenvalue weighted by Gasteiger charge is -2.22. The van der Waals surface area contributed by atoms with Gasteiger partial charge in [-0.05, 0) is 51.4 Å². The summed E-state index contributed by atoms with van der Waals surface area (Å²) in [5, 5.41) is 31.2. The van der Waals surface area contributed by atoms with E-state index in [-0.39, 0.29) is 17.1 Å². The maximum absolute atomic E-state index is 10.9. The fourth-order valence-corrected chi connectivity index (χ4v) is 4.65. The van der Waals surface area contributed by atoms with E-state index in [1.807, 2.05) is 26.8 Å². The number of phenols is 1. The van der Waals surface area contributed by atoms with Gasteiger partial charge in [-0.15, -0.1) is 0 Å². The van der Waals surface area contributed by atoms with E-state index in [2.05, 4.69) is 28.0 Å². The summed E-state index contributed by atoms with van der Waals surface area (Å²) in [5.74, 6) is 0.627. The highest BCUT2D eigenvalue weighted by molar-refractivity contribution is 6.11. The van der Waals surface area contributed by atoms with Crippen LogP contribution in [0.4, 0.5) is 0 Å². The van der Waals surface area contributed by atoms with Gasteiger partial charge in [0.1, 0.15) is 17.1 Å². The van der Waals surface area contributed by atoms with Crippen molar-refractivity contribution in [3.8, 4) is 17.3 Å². The molecule has 0 unspecified atom stereocenters. The van der Waals surface area contributed by atoms with Crippen LogP contribution in [0, 0.1) is 26.2 Å². The lowest BCUT2D eigenvalue weighted by Crippen LogP contribution is -2.23. The molecule has 0 saturated heterocycles. The van der Waals surface area contributed by atoms with Crippen LogP contribution in [-0.4, -0.2) is 54.8 Å². The minimum absolute atomic E-state index is 0.0813. The number of nitrogens with one attached hydrogen (secondary N) is 2. The Kier molecular flexibility index (Phi) is 4.56. The van der Waals surface area contributed by atoms with Crippen molar-refractivity contribution in [2.45, 2.75) is 27.2 Å². The van der Waals surface area contributed by atoms with Crippen LogP contribution in [0.2, 0.25) is 0 Å². The fourth-order valence-electron chi connectivity index (χ4n) is 4.65. The number of aromatic amines is 1. The second kappa shape index (κ2) is 7.20. The molecule has 32 heavy (non-hydrogen) atoms. The third-order valence-electron chi connectivity index (χ3n) is 6.37. The van der Waals surface area contributed by atoms with Gasteiger partial charge in [-0.1, -0.05) is 12.1 Å². The Morgan fingerprint density at radius 1 is 1.12 bits per heavy atom. The predicted molar refractivity (Wildman–Crippen MR) is 124 cm³/mol. The molecule has 164 valence electrons. The highest BCUT2D eigenvalue weighted by Crippen LogP contribution is 2.36. The van der Waals surface area contributed by atoms with E-state index in [1.165, 1.54) is 0 Å². The molecule has 0 aliphatic carbocycles.